The van der Waals surface area contributed by atoms with Crippen LogP contribution in [0, 0.1) is 0 Å². The summed E-state index contributed by atoms with van der Waals surface area (Å²) in [4.78, 5) is 4.28. The summed E-state index contributed by atoms with van der Waals surface area (Å²) in [6.07, 6.45) is 5.70. The average molecular weight is 168 g/mol. The summed E-state index contributed by atoms with van der Waals surface area (Å²) in [5.41, 5.74) is 1.17. The minimum Gasteiger partial charge on any atom is -0.261 e. The summed E-state index contributed by atoms with van der Waals surface area (Å²) >= 11 is 5.83. The first-order valence-corrected chi connectivity index (χ1v) is 4.35. The molecule has 1 aromatic heterocycles. The Balaban J connectivity index is 2.23. The van der Waals surface area contributed by atoms with Gasteiger partial charge in [0.05, 0.1) is 0 Å². The van der Waals surface area contributed by atoms with Gasteiger partial charge in [-0.05, 0) is 25.0 Å². The largest absolute Gasteiger partial charge is 0.261 e. The highest BCUT2D eigenvalue weighted by atomic mass is 35.5. The fourth-order valence-corrected chi connectivity index (χ4v) is 1.52. The second-order valence-electron chi connectivity index (χ2n) is 3.03. The van der Waals surface area contributed by atoms with Crippen molar-refractivity contribution >= 4 is 11.6 Å². The maximum absolute atomic E-state index is 5.83. The van der Waals surface area contributed by atoms with Crippen LogP contribution in [0.15, 0.2) is 18.3 Å². The maximum Gasteiger partial charge on any atom is 0.0449 e. The Labute approximate surface area is 71.4 Å². The van der Waals surface area contributed by atoms with Gasteiger partial charge in [-0.3, -0.25) is 4.98 Å². The normalized spacial score (nSPS) is 17.9. The number of hydrogen-bond acceptors (Lipinski definition) is 1. The zero-order chi connectivity index (χ0) is 7.68. The van der Waals surface area contributed by atoms with Gasteiger partial charge in [-0.2, -0.15) is 0 Å². The molecule has 0 bridgehead atoms. The smallest absolute Gasteiger partial charge is 0.0449 e. The van der Waals surface area contributed by atoms with Crippen molar-refractivity contribution in [2.45, 2.75) is 25.2 Å². The molecule has 1 aromatic rings. The molecule has 1 saturated carbocycles. The van der Waals surface area contributed by atoms with Crippen LogP contribution in [0.5, 0.6) is 0 Å². The van der Waals surface area contributed by atoms with Gasteiger partial charge in [0.25, 0.3) is 0 Å². The molecule has 1 aliphatic rings. The molecule has 0 atom stereocenters. The van der Waals surface area contributed by atoms with Gasteiger partial charge in [-0.15, -0.1) is 0 Å². The van der Waals surface area contributed by atoms with Crippen LogP contribution in [0.4, 0.5) is 0 Å². The fraction of sp³-hybridized carbons (Fsp3) is 0.444. The second kappa shape index (κ2) is 2.82. The van der Waals surface area contributed by atoms with Crippen LogP contribution in [0.3, 0.4) is 0 Å². The average Bonchev–Trinajstić information content (AvgIpc) is 1.83. The number of rotatable bonds is 1. The molecule has 0 radical (unpaired) electrons. The van der Waals surface area contributed by atoms with Crippen LogP contribution in [-0.2, 0) is 0 Å². The van der Waals surface area contributed by atoms with Gasteiger partial charge in [-0.25, -0.2) is 0 Å². The molecule has 2 rings (SSSR count). The van der Waals surface area contributed by atoms with Crippen molar-refractivity contribution < 1.29 is 0 Å². The topological polar surface area (TPSA) is 12.9 Å². The Morgan fingerprint density at radius 2 is 2.27 bits per heavy atom. The lowest BCUT2D eigenvalue weighted by atomic mass is 9.83. The summed E-state index contributed by atoms with van der Waals surface area (Å²) in [5, 5.41) is 0.807. The lowest BCUT2D eigenvalue weighted by Gasteiger charge is -2.24. The highest BCUT2D eigenvalue weighted by Crippen LogP contribution is 2.35. The molecule has 0 saturated heterocycles. The lowest BCUT2D eigenvalue weighted by molar-refractivity contribution is 0.411. The first-order valence-electron chi connectivity index (χ1n) is 3.98. The van der Waals surface area contributed by atoms with Gasteiger partial charge in [0.15, 0.2) is 0 Å². The standard InChI is InChI=1S/C9H10ClN/c10-8-4-5-11-9(6-8)7-2-1-3-7/h4-7H,1-3H2. The Bertz CT molecular complexity index is 255. The first kappa shape index (κ1) is 7.11. The predicted molar refractivity (Wildman–Crippen MR) is 45.8 cm³/mol. The maximum atomic E-state index is 5.83. The Kier molecular flexibility index (Phi) is 1.82. The molecule has 0 aliphatic heterocycles. The molecule has 0 N–H and O–H groups in total. The monoisotopic (exact) mass is 167 g/mol. The number of halogens is 1. The van der Waals surface area contributed by atoms with E-state index in [1.165, 1.54) is 25.0 Å². The Hall–Kier alpha value is -0.560. The zero-order valence-corrected chi connectivity index (χ0v) is 7.01. The van der Waals surface area contributed by atoms with Crippen molar-refractivity contribution in [1.82, 2.24) is 4.98 Å². The van der Waals surface area contributed by atoms with E-state index in [1.54, 1.807) is 6.20 Å². The van der Waals surface area contributed by atoms with E-state index in [4.69, 9.17) is 11.6 Å². The Morgan fingerprint density at radius 3 is 2.82 bits per heavy atom. The van der Waals surface area contributed by atoms with Crippen molar-refractivity contribution in [3.05, 3.63) is 29.0 Å². The van der Waals surface area contributed by atoms with Crippen LogP contribution in [0.25, 0.3) is 0 Å². The molecular formula is C9H10ClN. The van der Waals surface area contributed by atoms with Crippen LogP contribution in [0.1, 0.15) is 30.9 Å². The van der Waals surface area contributed by atoms with Gasteiger partial charge in [-0.1, -0.05) is 18.0 Å². The lowest BCUT2D eigenvalue weighted by Crippen LogP contribution is -2.09. The van der Waals surface area contributed by atoms with Crippen molar-refractivity contribution in [1.29, 1.82) is 0 Å². The number of nitrogens with zero attached hydrogens (tertiary/aromatic N) is 1. The molecule has 0 spiro atoms. The molecule has 11 heavy (non-hydrogen) atoms. The quantitative estimate of drug-likeness (QED) is 0.627. The second-order valence-corrected chi connectivity index (χ2v) is 3.46. The van der Waals surface area contributed by atoms with Crippen molar-refractivity contribution in [3.63, 3.8) is 0 Å². The van der Waals surface area contributed by atoms with Crippen molar-refractivity contribution in [2.24, 2.45) is 0 Å². The van der Waals surface area contributed by atoms with E-state index in [2.05, 4.69) is 4.98 Å². The highest BCUT2D eigenvalue weighted by Gasteiger charge is 2.20. The van der Waals surface area contributed by atoms with E-state index in [0.717, 1.165) is 5.02 Å². The van der Waals surface area contributed by atoms with Crippen molar-refractivity contribution in [3.8, 4) is 0 Å². The van der Waals surface area contributed by atoms with E-state index < -0.39 is 0 Å². The molecule has 0 amide bonds. The third-order valence-electron chi connectivity index (χ3n) is 2.27. The van der Waals surface area contributed by atoms with Gasteiger partial charge in [0, 0.05) is 22.8 Å². The summed E-state index contributed by atoms with van der Waals surface area (Å²) in [6, 6.07) is 3.80. The predicted octanol–water partition coefficient (Wildman–Crippen LogP) is 3.00. The minimum absolute atomic E-state index is 0.689. The van der Waals surface area contributed by atoms with E-state index >= 15 is 0 Å². The SMILES string of the molecule is Clc1ccnc(C2CCC2)c1. The third kappa shape index (κ3) is 1.38. The van der Waals surface area contributed by atoms with Gasteiger partial charge in [0.1, 0.15) is 0 Å². The molecular weight excluding hydrogens is 158 g/mol. The van der Waals surface area contributed by atoms with E-state index in [0.29, 0.717) is 5.92 Å². The molecule has 2 heteroatoms. The molecule has 0 aromatic carbocycles. The highest BCUT2D eigenvalue weighted by molar-refractivity contribution is 6.30. The molecule has 1 nitrogen and oxygen atoms in total. The van der Waals surface area contributed by atoms with Crippen LogP contribution >= 0.6 is 11.6 Å². The fourth-order valence-electron chi connectivity index (χ4n) is 1.35. The summed E-state index contributed by atoms with van der Waals surface area (Å²) in [7, 11) is 0. The van der Waals surface area contributed by atoms with Crippen LogP contribution in [-0.4, -0.2) is 4.98 Å². The Morgan fingerprint density at radius 1 is 1.45 bits per heavy atom. The number of hydrogen-bond donors (Lipinski definition) is 0. The number of aromatic nitrogens is 1. The molecule has 1 aliphatic carbocycles. The number of pyridine rings is 1. The van der Waals surface area contributed by atoms with Gasteiger partial charge < -0.3 is 0 Å². The summed E-state index contributed by atoms with van der Waals surface area (Å²) < 4.78 is 0. The molecule has 1 heterocycles. The van der Waals surface area contributed by atoms with E-state index in [1.807, 2.05) is 12.1 Å². The van der Waals surface area contributed by atoms with Crippen LogP contribution in [0.2, 0.25) is 5.02 Å². The molecule has 1 fully saturated rings. The van der Waals surface area contributed by atoms with Gasteiger partial charge >= 0.3 is 0 Å². The summed E-state index contributed by atoms with van der Waals surface area (Å²) in [5.74, 6) is 0.689. The van der Waals surface area contributed by atoms with Crippen molar-refractivity contribution in [2.75, 3.05) is 0 Å². The summed E-state index contributed by atoms with van der Waals surface area (Å²) in [6.45, 7) is 0. The van der Waals surface area contributed by atoms with E-state index in [-0.39, 0.29) is 0 Å². The van der Waals surface area contributed by atoms with Crippen LogP contribution < -0.4 is 0 Å². The molecule has 0 unspecified atom stereocenters. The first-order chi connectivity index (χ1) is 5.36. The third-order valence-corrected chi connectivity index (χ3v) is 2.50. The van der Waals surface area contributed by atoms with Gasteiger partial charge in [0.2, 0.25) is 0 Å². The zero-order valence-electron chi connectivity index (χ0n) is 6.26. The minimum atomic E-state index is 0.689. The van der Waals surface area contributed by atoms with E-state index in [9.17, 15) is 0 Å². The molecule has 58 valence electrons.